The fraction of sp³-hybridized carbons (Fsp3) is 0.500. The highest BCUT2D eigenvalue weighted by atomic mass is 35.5. The topological polar surface area (TPSA) is 66.6 Å². The van der Waals surface area contributed by atoms with Crippen molar-refractivity contribution in [2.75, 3.05) is 19.6 Å². The molecule has 1 unspecified atom stereocenters. The second kappa shape index (κ2) is 7.11. The third-order valence-electron chi connectivity index (χ3n) is 4.36. The number of nitrogens with two attached hydrogens (primary N) is 1. The zero-order chi connectivity index (χ0) is 14.8. The molecule has 0 aliphatic carbocycles. The van der Waals surface area contributed by atoms with Crippen LogP contribution in [0.1, 0.15) is 29.6 Å². The molecule has 120 valence electrons. The van der Waals surface area contributed by atoms with Gasteiger partial charge in [-0.05, 0) is 31.4 Å². The smallest absolute Gasteiger partial charge is 0.254 e. The average Bonchev–Trinajstić information content (AvgIpc) is 3.15. The highest BCUT2D eigenvalue weighted by Crippen LogP contribution is 2.23. The first kappa shape index (κ1) is 16.8. The van der Waals surface area contributed by atoms with Gasteiger partial charge in [0.2, 0.25) is 5.91 Å². The Morgan fingerprint density at radius 2 is 1.82 bits per heavy atom. The summed E-state index contributed by atoms with van der Waals surface area (Å²) in [6.07, 6.45) is 2.49. The summed E-state index contributed by atoms with van der Waals surface area (Å²) < 4.78 is 0. The molecule has 2 heterocycles. The summed E-state index contributed by atoms with van der Waals surface area (Å²) in [6.45, 7) is 1.98. The van der Waals surface area contributed by atoms with E-state index in [9.17, 15) is 9.59 Å². The number of likely N-dealkylation sites (tertiary alicyclic amines) is 2. The number of hydrogen-bond donors (Lipinski definition) is 1. The summed E-state index contributed by atoms with van der Waals surface area (Å²) >= 11 is 0. The quantitative estimate of drug-likeness (QED) is 0.891. The van der Waals surface area contributed by atoms with Crippen LogP contribution in [-0.4, -0.2) is 53.3 Å². The highest BCUT2D eigenvalue weighted by Gasteiger charge is 2.38. The number of amides is 2. The first-order valence-corrected chi connectivity index (χ1v) is 7.57. The van der Waals surface area contributed by atoms with Gasteiger partial charge in [0, 0.05) is 31.2 Å². The normalized spacial score (nSPS) is 24.2. The van der Waals surface area contributed by atoms with Gasteiger partial charge in [-0.1, -0.05) is 18.2 Å². The molecule has 3 rings (SSSR count). The minimum Gasteiger partial charge on any atom is -0.339 e. The summed E-state index contributed by atoms with van der Waals surface area (Å²) in [4.78, 5) is 28.7. The Labute approximate surface area is 136 Å². The molecule has 0 radical (unpaired) electrons. The Hall–Kier alpha value is -1.59. The molecule has 2 saturated heterocycles. The van der Waals surface area contributed by atoms with E-state index in [0.717, 1.165) is 19.3 Å². The van der Waals surface area contributed by atoms with Gasteiger partial charge in [0.05, 0.1) is 0 Å². The lowest BCUT2D eigenvalue weighted by Crippen LogP contribution is -2.47. The summed E-state index contributed by atoms with van der Waals surface area (Å²) in [5.74, 6) is 0.0136. The van der Waals surface area contributed by atoms with Crippen molar-refractivity contribution in [1.82, 2.24) is 9.80 Å². The maximum Gasteiger partial charge on any atom is 0.254 e. The van der Waals surface area contributed by atoms with Crippen LogP contribution in [0.5, 0.6) is 0 Å². The second-order valence-electron chi connectivity index (χ2n) is 5.86. The third kappa shape index (κ3) is 3.25. The maximum absolute atomic E-state index is 12.6. The molecule has 2 N–H and O–H groups in total. The number of benzene rings is 1. The van der Waals surface area contributed by atoms with E-state index in [1.165, 1.54) is 0 Å². The lowest BCUT2D eigenvalue weighted by atomic mass is 10.1. The van der Waals surface area contributed by atoms with Crippen molar-refractivity contribution in [3.05, 3.63) is 35.9 Å². The summed E-state index contributed by atoms with van der Waals surface area (Å²) in [5.41, 5.74) is 6.52. The van der Waals surface area contributed by atoms with Crippen molar-refractivity contribution in [3.63, 3.8) is 0 Å². The van der Waals surface area contributed by atoms with Gasteiger partial charge in [-0.25, -0.2) is 0 Å². The van der Waals surface area contributed by atoms with Crippen molar-refractivity contribution >= 4 is 24.2 Å². The fourth-order valence-corrected chi connectivity index (χ4v) is 3.21. The number of halogens is 1. The molecular formula is C16H22ClN3O2. The third-order valence-corrected chi connectivity index (χ3v) is 4.36. The van der Waals surface area contributed by atoms with Crippen molar-refractivity contribution < 1.29 is 9.59 Å². The highest BCUT2D eigenvalue weighted by molar-refractivity contribution is 5.98. The van der Waals surface area contributed by atoms with Gasteiger partial charge in [-0.15, -0.1) is 12.4 Å². The lowest BCUT2D eigenvalue weighted by molar-refractivity contribution is -0.134. The van der Waals surface area contributed by atoms with Gasteiger partial charge in [0.15, 0.2) is 0 Å². The zero-order valence-electron chi connectivity index (χ0n) is 12.5. The Balaban J connectivity index is 0.00000176. The largest absolute Gasteiger partial charge is 0.339 e. The van der Waals surface area contributed by atoms with E-state index in [1.54, 1.807) is 17.0 Å². The average molecular weight is 324 g/mol. The SMILES string of the molecule is Cl.N[C@@H]1CCN(C(=O)C2CCCN2C(=O)c2ccccc2)C1. The molecule has 6 heteroatoms. The molecular weight excluding hydrogens is 302 g/mol. The van der Waals surface area contributed by atoms with Gasteiger partial charge in [-0.3, -0.25) is 9.59 Å². The van der Waals surface area contributed by atoms with Crippen LogP contribution in [0, 0.1) is 0 Å². The molecule has 22 heavy (non-hydrogen) atoms. The van der Waals surface area contributed by atoms with E-state index in [0.29, 0.717) is 25.2 Å². The Morgan fingerprint density at radius 1 is 1.09 bits per heavy atom. The van der Waals surface area contributed by atoms with Crippen molar-refractivity contribution in [2.24, 2.45) is 5.73 Å². The van der Waals surface area contributed by atoms with E-state index in [-0.39, 0.29) is 36.3 Å². The number of hydrogen-bond acceptors (Lipinski definition) is 3. The van der Waals surface area contributed by atoms with E-state index < -0.39 is 0 Å². The van der Waals surface area contributed by atoms with Crippen LogP contribution < -0.4 is 5.73 Å². The molecule has 0 spiro atoms. The number of carbonyl (C=O) groups excluding carboxylic acids is 2. The summed E-state index contributed by atoms with van der Waals surface area (Å²) in [6, 6.07) is 8.94. The van der Waals surface area contributed by atoms with Crippen LogP contribution in [-0.2, 0) is 4.79 Å². The summed E-state index contributed by atoms with van der Waals surface area (Å²) in [7, 11) is 0. The number of nitrogens with zero attached hydrogens (tertiary/aromatic N) is 2. The monoisotopic (exact) mass is 323 g/mol. The van der Waals surface area contributed by atoms with Crippen LogP contribution in [0.2, 0.25) is 0 Å². The van der Waals surface area contributed by atoms with Crippen molar-refractivity contribution in [3.8, 4) is 0 Å². The second-order valence-corrected chi connectivity index (χ2v) is 5.86. The van der Waals surface area contributed by atoms with Crippen LogP contribution >= 0.6 is 12.4 Å². The fourth-order valence-electron chi connectivity index (χ4n) is 3.21. The number of carbonyl (C=O) groups is 2. The van der Waals surface area contributed by atoms with E-state index >= 15 is 0 Å². The molecule has 0 bridgehead atoms. The van der Waals surface area contributed by atoms with Crippen LogP contribution in [0.15, 0.2) is 30.3 Å². The lowest BCUT2D eigenvalue weighted by Gasteiger charge is -2.28. The molecule has 1 aromatic carbocycles. The predicted molar refractivity (Wildman–Crippen MR) is 86.9 cm³/mol. The van der Waals surface area contributed by atoms with Crippen LogP contribution in [0.4, 0.5) is 0 Å². The molecule has 0 aromatic heterocycles. The molecule has 2 atom stereocenters. The van der Waals surface area contributed by atoms with Gasteiger partial charge < -0.3 is 15.5 Å². The Bertz CT molecular complexity index is 537. The maximum atomic E-state index is 12.6. The standard InChI is InChI=1S/C16H21N3O2.ClH/c17-13-8-10-18(11-13)16(21)14-7-4-9-19(14)15(20)12-5-2-1-3-6-12;/h1-3,5-6,13-14H,4,7-11,17H2;1H/t13-,14?;/m1./s1. The first-order chi connectivity index (χ1) is 10.2. The molecule has 1 aromatic rings. The molecule has 2 aliphatic heterocycles. The first-order valence-electron chi connectivity index (χ1n) is 7.57. The van der Waals surface area contributed by atoms with Gasteiger partial charge in [0.1, 0.15) is 6.04 Å². The number of rotatable bonds is 2. The zero-order valence-corrected chi connectivity index (χ0v) is 13.3. The van der Waals surface area contributed by atoms with Crippen LogP contribution in [0.25, 0.3) is 0 Å². The van der Waals surface area contributed by atoms with Gasteiger partial charge in [-0.2, -0.15) is 0 Å². The van der Waals surface area contributed by atoms with E-state index in [2.05, 4.69) is 0 Å². The van der Waals surface area contributed by atoms with Crippen LogP contribution in [0.3, 0.4) is 0 Å². The minimum atomic E-state index is -0.317. The van der Waals surface area contributed by atoms with Crippen molar-refractivity contribution in [1.29, 1.82) is 0 Å². The Morgan fingerprint density at radius 3 is 2.45 bits per heavy atom. The van der Waals surface area contributed by atoms with Gasteiger partial charge in [0.25, 0.3) is 5.91 Å². The Kier molecular flexibility index (Phi) is 5.42. The minimum absolute atomic E-state index is 0. The summed E-state index contributed by atoms with van der Waals surface area (Å²) in [5, 5.41) is 0. The van der Waals surface area contributed by atoms with E-state index in [4.69, 9.17) is 5.73 Å². The molecule has 2 aliphatic rings. The molecule has 2 fully saturated rings. The molecule has 2 amide bonds. The molecule has 5 nitrogen and oxygen atoms in total. The van der Waals surface area contributed by atoms with E-state index in [1.807, 2.05) is 23.1 Å². The predicted octanol–water partition coefficient (Wildman–Crippen LogP) is 1.27. The van der Waals surface area contributed by atoms with Gasteiger partial charge >= 0.3 is 0 Å². The van der Waals surface area contributed by atoms with Crippen molar-refractivity contribution in [2.45, 2.75) is 31.3 Å². The molecule has 0 saturated carbocycles.